The Kier molecular flexibility index (Phi) is 3.61. The average Bonchev–Trinajstić information content (AvgIpc) is 2.85. The van der Waals surface area contributed by atoms with E-state index in [4.69, 9.17) is 0 Å². The number of hydrogen-bond acceptors (Lipinski definition) is 4. The van der Waals surface area contributed by atoms with Crippen molar-refractivity contribution in [2.75, 3.05) is 18.4 Å². The van der Waals surface area contributed by atoms with Crippen LogP contribution in [0.15, 0.2) is 12.3 Å². The first-order valence-corrected chi connectivity index (χ1v) is 7.34. The lowest BCUT2D eigenvalue weighted by molar-refractivity contribution is 0.0696. The van der Waals surface area contributed by atoms with E-state index in [1.54, 1.807) is 12.3 Å². The van der Waals surface area contributed by atoms with Crippen LogP contribution in [-0.4, -0.2) is 46.1 Å². The summed E-state index contributed by atoms with van der Waals surface area (Å²) in [6.07, 6.45) is 6.39. The number of aromatic carboxylic acids is 1. The highest BCUT2D eigenvalue weighted by Gasteiger charge is 2.32. The number of aryl methyl sites for hydroxylation is 1. The molecule has 3 rings (SSSR count). The number of carbonyl (C=O) groups is 1. The number of carboxylic acids is 1. The van der Waals surface area contributed by atoms with Gasteiger partial charge in [-0.3, -0.25) is 0 Å². The van der Waals surface area contributed by atoms with Gasteiger partial charge in [-0.2, -0.15) is 0 Å². The molecule has 5 nitrogen and oxygen atoms in total. The van der Waals surface area contributed by atoms with E-state index in [0.717, 1.165) is 24.9 Å². The molecule has 0 radical (unpaired) electrons. The highest BCUT2D eigenvalue weighted by Crippen LogP contribution is 2.29. The predicted molar refractivity (Wildman–Crippen MR) is 77.2 cm³/mol. The van der Waals surface area contributed by atoms with Crippen molar-refractivity contribution in [1.29, 1.82) is 0 Å². The Balaban J connectivity index is 1.75. The molecule has 108 valence electrons. The Morgan fingerprint density at radius 2 is 2.30 bits per heavy atom. The highest BCUT2D eigenvalue weighted by atomic mass is 16.4. The second kappa shape index (κ2) is 5.40. The fourth-order valence-electron chi connectivity index (χ4n) is 3.49. The molecular weight excluding hydrogens is 254 g/mol. The van der Waals surface area contributed by atoms with Crippen LogP contribution in [0.2, 0.25) is 0 Å². The fraction of sp³-hybridized carbons (Fsp3) is 0.600. The summed E-state index contributed by atoms with van der Waals surface area (Å²) in [5.41, 5.74) is 1.06. The van der Waals surface area contributed by atoms with E-state index in [1.807, 2.05) is 6.92 Å². The van der Waals surface area contributed by atoms with E-state index in [0.29, 0.717) is 23.5 Å². The fourth-order valence-corrected chi connectivity index (χ4v) is 3.49. The Labute approximate surface area is 119 Å². The number of carboxylic acid groups (broad SMARTS) is 1. The van der Waals surface area contributed by atoms with Gasteiger partial charge >= 0.3 is 5.97 Å². The minimum Gasteiger partial charge on any atom is -0.478 e. The summed E-state index contributed by atoms with van der Waals surface area (Å²) >= 11 is 0. The lowest BCUT2D eigenvalue weighted by Crippen LogP contribution is -2.43. The number of pyridine rings is 1. The van der Waals surface area contributed by atoms with E-state index >= 15 is 0 Å². The van der Waals surface area contributed by atoms with Crippen molar-refractivity contribution in [3.05, 3.63) is 23.4 Å². The number of nitrogens with one attached hydrogen (secondary N) is 1. The van der Waals surface area contributed by atoms with Gasteiger partial charge in [0.1, 0.15) is 11.4 Å². The number of nitrogens with zero attached hydrogens (tertiary/aromatic N) is 2. The lowest BCUT2D eigenvalue weighted by atomic mass is 9.97. The van der Waals surface area contributed by atoms with E-state index < -0.39 is 5.97 Å². The maximum Gasteiger partial charge on any atom is 0.339 e. The summed E-state index contributed by atoms with van der Waals surface area (Å²) in [4.78, 5) is 18.2. The molecule has 1 aromatic rings. The van der Waals surface area contributed by atoms with E-state index in [-0.39, 0.29) is 0 Å². The van der Waals surface area contributed by atoms with Crippen molar-refractivity contribution in [2.45, 2.75) is 44.7 Å². The van der Waals surface area contributed by atoms with Crippen LogP contribution in [0, 0.1) is 6.92 Å². The minimum absolute atomic E-state index is 0.307. The molecule has 3 heterocycles. The molecule has 20 heavy (non-hydrogen) atoms. The van der Waals surface area contributed by atoms with Gasteiger partial charge in [-0.15, -0.1) is 0 Å². The van der Waals surface area contributed by atoms with Gasteiger partial charge in [0.15, 0.2) is 0 Å². The average molecular weight is 275 g/mol. The molecule has 2 fully saturated rings. The largest absolute Gasteiger partial charge is 0.478 e. The summed E-state index contributed by atoms with van der Waals surface area (Å²) in [6.45, 7) is 4.15. The monoisotopic (exact) mass is 275 g/mol. The third-order valence-corrected chi connectivity index (χ3v) is 4.53. The standard InChI is InChI=1S/C15H21N3O2/c1-10-4-6-16-14(13(10)15(19)20)17-11-5-8-18-7-2-3-12(18)9-11/h4,6,11-12H,2-3,5,7-9H2,1H3,(H,16,17)(H,19,20). The van der Waals surface area contributed by atoms with Crippen molar-refractivity contribution in [1.82, 2.24) is 9.88 Å². The van der Waals surface area contributed by atoms with Gasteiger partial charge in [-0.25, -0.2) is 9.78 Å². The summed E-state index contributed by atoms with van der Waals surface area (Å²) in [7, 11) is 0. The molecule has 2 aliphatic heterocycles. The highest BCUT2D eigenvalue weighted by molar-refractivity contribution is 5.94. The first-order chi connectivity index (χ1) is 9.65. The number of piperidine rings is 1. The summed E-state index contributed by atoms with van der Waals surface area (Å²) in [5, 5.41) is 12.7. The minimum atomic E-state index is -0.906. The van der Waals surface area contributed by atoms with Gasteiger partial charge in [0, 0.05) is 24.8 Å². The van der Waals surface area contributed by atoms with E-state index in [1.165, 1.54) is 19.4 Å². The van der Waals surface area contributed by atoms with Crippen molar-refractivity contribution in [2.24, 2.45) is 0 Å². The molecule has 0 aliphatic carbocycles. The number of hydrogen-bond donors (Lipinski definition) is 2. The van der Waals surface area contributed by atoms with Crippen LogP contribution in [0.3, 0.4) is 0 Å². The first kappa shape index (κ1) is 13.4. The van der Waals surface area contributed by atoms with Crippen LogP contribution in [0.25, 0.3) is 0 Å². The van der Waals surface area contributed by atoms with Crippen molar-refractivity contribution < 1.29 is 9.90 Å². The van der Waals surface area contributed by atoms with Gasteiger partial charge < -0.3 is 15.3 Å². The second-order valence-corrected chi connectivity index (χ2v) is 5.85. The second-order valence-electron chi connectivity index (χ2n) is 5.85. The lowest BCUT2D eigenvalue weighted by Gasteiger charge is -2.35. The van der Waals surface area contributed by atoms with Crippen LogP contribution in [0.1, 0.15) is 41.6 Å². The van der Waals surface area contributed by atoms with Crippen molar-refractivity contribution >= 4 is 11.8 Å². The number of anilines is 1. The van der Waals surface area contributed by atoms with Crippen LogP contribution in [0.5, 0.6) is 0 Å². The summed E-state index contributed by atoms with van der Waals surface area (Å²) < 4.78 is 0. The molecule has 0 aromatic carbocycles. The molecule has 2 N–H and O–H groups in total. The summed E-state index contributed by atoms with van der Waals surface area (Å²) in [6, 6.07) is 2.75. The van der Waals surface area contributed by atoms with Gasteiger partial charge in [-0.1, -0.05) is 0 Å². The molecule has 0 amide bonds. The zero-order valence-electron chi connectivity index (χ0n) is 11.8. The van der Waals surface area contributed by atoms with E-state index in [2.05, 4.69) is 15.2 Å². The van der Waals surface area contributed by atoms with E-state index in [9.17, 15) is 9.90 Å². The summed E-state index contributed by atoms with van der Waals surface area (Å²) in [5.74, 6) is -0.384. The Hall–Kier alpha value is -1.62. The van der Waals surface area contributed by atoms with Gasteiger partial charge in [0.2, 0.25) is 0 Å². The number of rotatable bonds is 3. The molecule has 1 aromatic heterocycles. The number of aromatic nitrogens is 1. The Bertz CT molecular complexity index is 518. The quantitative estimate of drug-likeness (QED) is 0.884. The molecule has 5 heteroatoms. The van der Waals surface area contributed by atoms with Crippen molar-refractivity contribution in [3.8, 4) is 0 Å². The molecule has 0 bridgehead atoms. The molecule has 2 saturated heterocycles. The molecular formula is C15H21N3O2. The maximum atomic E-state index is 11.4. The number of fused-ring (bicyclic) bond motifs is 1. The topological polar surface area (TPSA) is 65.5 Å². The third kappa shape index (κ3) is 2.50. The van der Waals surface area contributed by atoms with Crippen molar-refractivity contribution in [3.63, 3.8) is 0 Å². The zero-order chi connectivity index (χ0) is 14.1. The van der Waals surface area contributed by atoms with Gasteiger partial charge in [0.25, 0.3) is 0 Å². The van der Waals surface area contributed by atoms with Gasteiger partial charge in [0.05, 0.1) is 0 Å². The Morgan fingerprint density at radius 3 is 3.10 bits per heavy atom. The zero-order valence-corrected chi connectivity index (χ0v) is 11.8. The maximum absolute atomic E-state index is 11.4. The molecule has 2 atom stereocenters. The normalized spacial score (nSPS) is 26.2. The third-order valence-electron chi connectivity index (χ3n) is 4.53. The molecule has 2 aliphatic rings. The SMILES string of the molecule is Cc1ccnc(NC2CCN3CCCC3C2)c1C(=O)O. The van der Waals surface area contributed by atoms with Crippen LogP contribution in [-0.2, 0) is 0 Å². The molecule has 2 unspecified atom stereocenters. The Morgan fingerprint density at radius 1 is 1.45 bits per heavy atom. The van der Waals surface area contributed by atoms with Gasteiger partial charge in [-0.05, 0) is 50.8 Å². The molecule has 0 spiro atoms. The smallest absolute Gasteiger partial charge is 0.339 e. The van der Waals surface area contributed by atoms with Crippen LogP contribution >= 0.6 is 0 Å². The van der Waals surface area contributed by atoms with Crippen LogP contribution < -0.4 is 5.32 Å². The van der Waals surface area contributed by atoms with Crippen LogP contribution in [0.4, 0.5) is 5.82 Å². The molecule has 0 saturated carbocycles. The first-order valence-electron chi connectivity index (χ1n) is 7.34. The predicted octanol–water partition coefficient (Wildman–Crippen LogP) is 2.13.